The number of benzene rings is 2. The molecular weight excluding hydrogens is 272 g/mol. The van der Waals surface area contributed by atoms with E-state index in [2.05, 4.69) is 16.4 Å². The maximum absolute atomic E-state index is 9.46. The number of rotatable bonds is 2. The molecule has 0 amide bonds. The molecule has 1 aliphatic heterocycles. The first-order valence-corrected chi connectivity index (χ1v) is 7.23. The number of ether oxygens (including phenoxy) is 1. The van der Waals surface area contributed by atoms with Crippen LogP contribution in [0, 0.1) is 0 Å². The summed E-state index contributed by atoms with van der Waals surface area (Å²) in [7, 11) is 0. The van der Waals surface area contributed by atoms with Crippen LogP contribution in [0.2, 0.25) is 0 Å². The lowest BCUT2D eigenvalue weighted by Gasteiger charge is -2.13. The zero-order chi connectivity index (χ0) is 13.5. The molecular formula is C15H12N2O2S. The Balaban J connectivity index is 1.64. The maximum atomic E-state index is 9.46. The van der Waals surface area contributed by atoms with Crippen molar-refractivity contribution in [1.82, 2.24) is 4.98 Å². The minimum atomic E-state index is 0.107. The molecule has 0 spiro atoms. The molecule has 2 N–H and O–H groups in total. The number of phenols is 1. The molecule has 5 heteroatoms. The first-order valence-electron chi connectivity index (χ1n) is 6.35. The van der Waals surface area contributed by atoms with Gasteiger partial charge in [-0.2, -0.15) is 0 Å². The summed E-state index contributed by atoms with van der Waals surface area (Å²) >= 11 is 1.63. The van der Waals surface area contributed by atoms with Crippen molar-refractivity contribution in [3.05, 3.63) is 47.5 Å². The molecule has 0 saturated heterocycles. The molecule has 2 heterocycles. The number of hydrogen-bond donors (Lipinski definition) is 2. The van der Waals surface area contributed by atoms with Gasteiger partial charge in [0.05, 0.1) is 21.8 Å². The number of hydrogen-bond acceptors (Lipinski definition) is 5. The van der Waals surface area contributed by atoms with Crippen molar-refractivity contribution in [3.63, 3.8) is 0 Å². The predicted octanol–water partition coefficient (Wildman–Crippen LogP) is 3.55. The van der Waals surface area contributed by atoms with E-state index in [9.17, 15) is 5.11 Å². The van der Waals surface area contributed by atoms with Crippen LogP contribution >= 0.6 is 11.3 Å². The summed E-state index contributed by atoms with van der Waals surface area (Å²) in [5.41, 5.74) is 5.00. The second-order valence-electron chi connectivity index (χ2n) is 4.76. The summed E-state index contributed by atoms with van der Waals surface area (Å²) in [4.78, 5) is 4.28. The van der Waals surface area contributed by atoms with Gasteiger partial charge in [0, 0.05) is 17.3 Å². The number of anilines is 1. The molecule has 1 atom stereocenters. The number of thiazole rings is 1. The van der Waals surface area contributed by atoms with Gasteiger partial charge in [0.1, 0.15) is 18.1 Å². The van der Waals surface area contributed by atoms with Crippen LogP contribution in [-0.2, 0) is 0 Å². The zero-order valence-electron chi connectivity index (χ0n) is 10.5. The summed E-state index contributed by atoms with van der Waals surface area (Å²) in [5, 5.41) is 12.9. The number of phenolic OH excluding ortho intramolecular Hbond substituents is 1. The predicted molar refractivity (Wildman–Crippen MR) is 79.6 cm³/mol. The monoisotopic (exact) mass is 284 g/mol. The van der Waals surface area contributed by atoms with Crippen LogP contribution in [0.4, 0.5) is 5.69 Å². The molecule has 0 aliphatic carbocycles. The molecule has 1 unspecified atom stereocenters. The van der Waals surface area contributed by atoms with Gasteiger partial charge in [-0.05, 0) is 30.3 Å². The molecule has 0 radical (unpaired) electrons. The average molecular weight is 284 g/mol. The third-order valence-electron chi connectivity index (χ3n) is 3.45. The van der Waals surface area contributed by atoms with Crippen molar-refractivity contribution in [1.29, 1.82) is 0 Å². The van der Waals surface area contributed by atoms with Crippen molar-refractivity contribution < 1.29 is 9.84 Å². The Kier molecular flexibility index (Phi) is 2.53. The SMILES string of the molecule is Oc1ccc2c(c1)OCC2Nc1ccc2ncsc2c1. The van der Waals surface area contributed by atoms with Crippen molar-refractivity contribution in [2.24, 2.45) is 0 Å². The van der Waals surface area contributed by atoms with Crippen LogP contribution in [0.15, 0.2) is 41.9 Å². The van der Waals surface area contributed by atoms with Gasteiger partial charge in [-0.3, -0.25) is 0 Å². The summed E-state index contributed by atoms with van der Waals surface area (Å²) in [6, 6.07) is 11.5. The molecule has 1 aliphatic rings. The van der Waals surface area contributed by atoms with Crippen LogP contribution in [0.3, 0.4) is 0 Å². The summed E-state index contributed by atoms with van der Waals surface area (Å²) in [6.45, 7) is 0.569. The zero-order valence-corrected chi connectivity index (χ0v) is 11.4. The minimum absolute atomic E-state index is 0.107. The molecule has 0 saturated carbocycles. The molecule has 2 aromatic carbocycles. The van der Waals surface area contributed by atoms with Crippen LogP contribution in [0.1, 0.15) is 11.6 Å². The van der Waals surface area contributed by atoms with Crippen LogP contribution < -0.4 is 10.1 Å². The third kappa shape index (κ3) is 1.87. The molecule has 100 valence electrons. The number of fused-ring (bicyclic) bond motifs is 2. The van der Waals surface area contributed by atoms with E-state index >= 15 is 0 Å². The average Bonchev–Trinajstić information content (AvgIpc) is 3.05. The third-order valence-corrected chi connectivity index (χ3v) is 4.24. The fraction of sp³-hybridized carbons (Fsp3) is 0.133. The van der Waals surface area contributed by atoms with Gasteiger partial charge in [0.15, 0.2) is 0 Å². The summed E-state index contributed by atoms with van der Waals surface area (Å²) < 4.78 is 6.77. The van der Waals surface area contributed by atoms with E-state index in [1.165, 1.54) is 4.70 Å². The van der Waals surface area contributed by atoms with Crippen LogP contribution in [0.5, 0.6) is 11.5 Å². The molecule has 1 aromatic heterocycles. The highest BCUT2D eigenvalue weighted by atomic mass is 32.1. The Bertz CT molecular complexity index is 784. The number of nitrogens with one attached hydrogen (secondary N) is 1. The Labute approximate surface area is 119 Å². The van der Waals surface area contributed by atoms with Gasteiger partial charge < -0.3 is 15.2 Å². The van der Waals surface area contributed by atoms with Crippen LogP contribution in [0.25, 0.3) is 10.2 Å². The van der Waals surface area contributed by atoms with E-state index in [0.29, 0.717) is 6.61 Å². The smallest absolute Gasteiger partial charge is 0.128 e. The van der Waals surface area contributed by atoms with Crippen molar-refractivity contribution in [2.75, 3.05) is 11.9 Å². The normalized spacial score (nSPS) is 16.9. The Hall–Kier alpha value is -2.27. The van der Waals surface area contributed by atoms with Gasteiger partial charge in [-0.15, -0.1) is 11.3 Å². The first-order chi connectivity index (χ1) is 9.79. The minimum Gasteiger partial charge on any atom is -0.508 e. The first kappa shape index (κ1) is 11.5. The van der Waals surface area contributed by atoms with Gasteiger partial charge in [-0.1, -0.05) is 0 Å². The Morgan fingerprint density at radius 1 is 1.25 bits per heavy atom. The highest BCUT2D eigenvalue weighted by molar-refractivity contribution is 7.16. The second-order valence-corrected chi connectivity index (χ2v) is 5.65. The highest BCUT2D eigenvalue weighted by Gasteiger charge is 2.24. The molecule has 4 nitrogen and oxygen atoms in total. The topological polar surface area (TPSA) is 54.4 Å². The van der Waals surface area contributed by atoms with Gasteiger partial charge in [0.25, 0.3) is 0 Å². The van der Waals surface area contributed by atoms with Gasteiger partial charge in [0.2, 0.25) is 0 Å². The summed E-state index contributed by atoms with van der Waals surface area (Å²) in [5.74, 6) is 0.983. The van der Waals surface area contributed by atoms with Gasteiger partial charge >= 0.3 is 0 Å². The highest BCUT2D eigenvalue weighted by Crippen LogP contribution is 2.37. The molecule has 0 fully saturated rings. The van der Waals surface area contributed by atoms with E-state index in [0.717, 1.165) is 22.5 Å². The lowest BCUT2D eigenvalue weighted by molar-refractivity contribution is 0.338. The van der Waals surface area contributed by atoms with E-state index in [-0.39, 0.29) is 11.8 Å². The lowest BCUT2D eigenvalue weighted by atomic mass is 10.1. The fourth-order valence-electron chi connectivity index (χ4n) is 2.46. The molecule has 4 rings (SSSR count). The number of nitrogens with zero attached hydrogens (tertiary/aromatic N) is 1. The molecule has 20 heavy (non-hydrogen) atoms. The number of aromatic hydroxyl groups is 1. The van der Waals surface area contributed by atoms with Gasteiger partial charge in [-0.25, -0.2) is 4.98 Å². The largest absolute Gasteiger partial charge is 0.508 e. The van der Waals surface area contributed by atoms with Crippen LogP contribution in [-0.4, -0.2) is 16.7 Å². The number of aromatic nitrogens is 1. The summed E-state index contributed by atoms with van der Waals surface area (Å²) in [6.07, 6.45) is 0. The van der Waals surface area contributed by atoms with E-state index in [1.807, 2.05) is 23.7 Å². The second kappa shape index (κ2) is 4.38. The van der Waals surface area contributed by atoms with E-state index in [4.69, 9.17) is 4.74 Å². The Morgan fingerprint density at radius 3 is 3.15 bits per heavy atom. The lowest BCUT2D eigenvalue weighted by Crippen LogP contribution is -2.11. The van der Waals surface area contributed by atoms with Crippen molar-refractivity contribution >= 4 is 27.2 Å². The standard InChI is InChI=1S/C15H12N2O2S/c18-10-2-3-11-13(7-19-14(11)6-10)17-9-1-4-12-15(5-9)20-8-16-12/h1-6,8,13,17-18H,7H2. The van der Waals surface area contributed by atoms with Crippen molar-refractivity contribution in [3.8, 4) is 11.5 Å². The Morgan fingerprint density at radius 2 is 2.20 bits per heavy atom. The van der Waals surface area contributed by atoms with E-state index < -0.39 is 0 Å². The fourth-order valence-corrected chi connectivity index (χ4v) is 3.18. The quantitative estimate of drug-likeness (QED) is 0.755. The maximum Gasteiger partial charge on any atom is 0.128 e. The molecule has 3 aromatic rings. The van der Waals surface area contributed by atoms with E-state index in [1.54, 1.807) is 23.5 Å². The van der Waals surface area contributed by atoms with Crippen molar-refractivity contribution in [2.45, 2.75) is 6.04 Å². The molecule has 0 bridgehead atoms.